The molecule has 0 fully saturated rings. The molecule has 0 radical (unpaired) electrons. The van der Waals surface area contributed by atoms with Gasteiger partial charge in [0.15, 0.2) is 0 Å². The maximum absolute atomic E-state index is 8.93. The molecule has 0 unspecified atom stereocenters. The third kappa shape index (κ3) is 2880. The molecular formula is C6H15MnO3. The second kappa shape index (κ2) is 57.4. The molecule has 0 aliphatic rings. The largest absolute Gasteiger partial charge is 3.00 e. The minimum atomic E-state index is 0. The van der Waals surface area contributed by atoms with Crippen LogP contribution in [0.2, 0.25) is 0 Å². The number of rotatable bonds is 0. The first-order chi connectivity index (χ1) is 4.24. The van der Waals surface area contributed by atoms with E-state index in [1.807, 2.05) is 0 Å². The third-order valence-electron chi connectivity index (χ3n) is 0. The van der Waals surface area contributed by atoms with E-state index in [2.05, 4.69) is 0 Å². The minimum Gasteiger partial charge on any atom is -0.855 e. The molecule has 0 aromatic carbocycles. The minimum absolute atomic E-state index is 0. The molecule has 0 N–H and O–H groups in total. The molecule has 64 valence electrons. The van der Waals surface area contributed by atoms with Gasteiger partial charge in [-0.05, 0) is 0 Å². The van der Waals surface area contributed by atoms with Crippen molar-refractivity contribution in [3.8, 4) is 0 Å². The van der Waals surface area contributed by atoms with Crippen LogP contribution in [0.25, 0.3) is 0 Å². The Morgan fingerprint density at radius 1 is 0.700 bits per heavy atom. The zero-order valence-corrected chi connectivity index (χ0v) is 7.90. The van der Waals surface area contributed by atoms with Crippen LogP contribution in [-0.4, -0.2) is 19.8 Å². The van der Waals surface area contributed by atoms with Gasteiger partial charge in [-0.3, -0.25) is 0 Å². The molecule has 3 nitrogen and oxygen atoms in total. The maximum atomic E-state index is 8.93. The molecule has 0 spiro atoms. The molecule has 0 aromatic rings. The van der Waals surface area contributed by atoms with Crippen LogP contribution in [-0.2, 0) is 17.1 Å². The molecule has 0 aliphatic heterocycles. The molecule has 0 bridgehead atoms. The van der Waals surface area contributed by atoms with Crippen LogP contribution in [0, 0.1) is 0 Å². The maximum Gasteiger partial charge on any atom is 3.00 e. The molecule has 0 aromatic heterocycles. The van der Waals surface area contributed by atoms with Crippen LogP contribution in [0.1, 0.15) is 20.8 Å². The van der Waals surface area contributed by atoms with Gasteiger partial charge in [0.1, 0.15) is 0 Å². The summed E-state index contributed by atoms with van der Waals surface area (Å²) in [6, 6.07) is 0. The van der Waals surface area contributed by atoms with E-state index in [4.69, 9.17) is 15.3 Å². The molecule has 0 amide bonds. The Balaban J connectivity index is -0.0000000257. The quantitative estimate of drug-likeness (QED) is 0.419. The standard InChI is InChI=1S/3C2H5O.Mn/c3*1-2-3;/h3*2H2,1H3;/q3*-1;+3. The van der Waals surface area contributed by atoms with Crippen molar-refractivity contribution >= 4 is 0 Å². The Hall–Kier alpha value is 0.399. The predicted molar refractivity (Wildman–Crippen MR) is 31.6 cm³/mol. The van der Waals surface area contributed by atoms with E-state index in [-0.39, 0.29) is 36.9 Å². The average molecular weight is 190 g/mol. The molecule has 4 heteroatoms. The second-order valence-corrected chi connectivity index (χ2v) is 0.866. The molecule has 0 saturated heterocycles. The Kier molecular flexibility index (Phi) is 129. The SMILES string of the molecule is CC[O-].CC[O-].CC[O-].[Mn+3]. The van der Waals surface area contributed by atoms with E-state index in [0.717, 1.165) is 0 Å². The topological polar surface area (TPSA) is 69.2 Å². The van der Waals surface area contributed by atoms with Crippen molar-refractivity contribution in [1.29, 1.82) is 0 Å². The van der Waals surface area contributed by atoms with Gasteiger partial charge in [0, 0.05) is 0 Å². The number of hydrogen-bond acceptors (Lipinski definition) is 3. The zero-order valence-electron chi connectivity index (χ0n) is 6.72. The fourth-order valence-corrected chi connectivity index (χ4v) is 0. The monoisotopic (exact) mass is 190 g/mol. The van der Waals surface area contributed by atoms with E-state index >= 15 is 0 Å². The molecular weight excluding hydrogens is 175 g/mol. The fourth-order valence-electron chi connectivity index (χ4n) is 0. The van der Waals surface area contributed by atoms with E-state index in [1.165, 1.54) is 0 Å². The molecule has 0 atom stereocenters. The van der Waals surface area contributed by atoms with Crippen LogP contribution in [0.4, 0.5) is 0 Å². The van der Waals surface area contributed by atoms with Crippen LogP contribution >= 0.6 is 0 Å². The van der Waals surface area contributed by atoms with Crippen LogP contribution in [0.15, 0.2) is 0 Å². The first kappa shape index (κ1) is 22.4. The third-order valence-corrected chi connectivity index (χ3v) is 0. The van der Waals surface area contributed by atoms with Gasteiger partial charge in [-0.2, -0.15) is 0 Å². The summed E-state index contributed by atoms with van der Waals surface area (Å²) in [5.41, 5.74) is 0. The van der Waals surface area contributed by atoms with Gasteiger partial charge in [-0.15, -0.1) is 19.8 Å². The summed E-state index contributed by atoms with van der Waals surface area (Å²) in [6.07, 6.45) is 0. The Morgan fingerprint density at radius 3 is 0.700 bits per heavy atom. The molecule has 0 saturated carbocycles. The number of hydrogen-bond donors (Lipinski definition) is 0. The molecule has 0 aliphatic carbocycles. The summed E-state index contributed by atoms with van der Waals surface area (Å²) < 4.78 is 0. The zero-order chi connectivity index (χ0) is 8.12. The molecule has 0 heterocycles. The molecule has 0 rings (SSSR count). The van der Waals surface area contributed by atoms with E-state index in [1.54, 1.807) is 20.8 Å². The fraction of sp³-hybridized carbons (Fsp3) is 1.00. The Labute approximate surface area is 73.6 Å². The molecule has 10 heavy (non-hydrogen) atoms. The van der Waals surface area contributed by atoms with Gasteiger partial charge in [0.2, 0.25) is 0 Å². The normalized spacial score (nSPS) is 5.40. The van der Waals surface area contributed by atoms with Crippen molar-refractivity contribution in [1.82, 2.24) is 0 Å². The van der Waals surface area contributed by atoms with Crippen molar-refractivity contribution in [2.75, 3.05) is 19.8 Å². The Morgan fingerprint density at radius 2 is 0.700 bits per heavy atom. The van der Waals surface area contributed by atoms with Crippen LogP contribution in [0.5, 0.6) is 0 Å². The summed E-state index contributed by atoms with van der Waals surface area (Å²) in [5.74, 6) is 0. The smallest absolute Gasteiger partial charge is 0.855 e. The van der Waals surface area contributed by atoms with Gasteiger partial charge in [0.25, 0.3) is 0 Å². The summed E-state index contributed by atoms with van der Waals surface area (Å²) in [5, 5.41) is 26.8. The first-order valence-corrected chi connectivity index (χ1v) is 2.99. The van der Waals surface area contributed by atoms with Gasteiger partial charge >= 0.3 is 17.1 Å². The predicted octanol–water partition coefficient (Wildman–Crippen LogP) is -1.90. The van der Waals surface area contributed by atoms with E-state index < -0.39 is 0 Å². The average Bonchev–Trinajstić information content (AvgIpc) is 1.70. The van der Waals surface area contributed by atoms with Gasteiger partial charge in [0.05, 0.1) is 0 Å². The van der Waals surface area contributed by atoms with Crippen molar-refractivity contribution in [3.63, 3.8) is 0 Å². The van der Waals surface area contributed by atoms with Gasteiger partial charge < -0.3 is 15.3 Å². The Bertz CT molecular complexity index is 17.7. The van der Waals surface area contributed by atoms with Gasteiger partial charge in [-0.25, -0.2) is 0 Å². The van der Waals surface area contributed by atoms with Crippen molar-refractivity contribution in [2.45, 2.75) is 20.8 Å². The summed E-state index contributed by atoms with van der Waals surface area (Å²) >= 11 is 0. The van der Waals surface area contributed by atoms with Crippen LogP contribution in [0.3, 0.4) is 0 Å². The first-order valence-electron chi connectivity index (χ1n) is 2.99. The summed E-state index contributed by atoms with van der Waals surface area (Å²) in [7, 11) is 0. The van der Waals surface area contributed by atoms with E-state index in [0.29, 0.717) is 0 Å². The summed E-state index contributed by atoms with van der Waals surface area (Å²) in [4.78, 5) is 0. The van der Waals surface area contributed by atoms with Crippen molar-refractivity contribution in [3.05, 3.63) is 0 Å². The van der Waals surface area contributed by atoms with Gasteiger partial charge in [-0.1, -0.05) is 20.8 Å². The second-order valence-electron chi connectivity index (χ2n) is 0.866. The van der Waals surface area contributed by atoms with Crippen molar-refractivity contribution < 1.29 is 32.4 Å². The summed E-state index contributed by atoms with van der Waals surface area (Å²) in [6.45, 7) is 4.71. The van der Waals surface area contributed by atoms with E-state index in [9.17, 15) is 0 Å². The van der Waals surface area contributed by atoms with Crippen LogP contribution < -0.4 is 15.3 Å². The van der Waals surface area contributed by atoms with Crippen molar-refractivity contribution in [2.24, 2.45) is 0 Å².